The minimum atomic E-state index is -3.67. The normalized spacial score (nSPS) is 12.9. The van der Waals surface area contributed by atoms with Crippen molar-refractivity contribution in [3.05, 3.63) is 72.4 Å². The van der Waals surface area contributed by atoms with E-state index in [1.54, 1.807) is 48.7 Å². The van der Waals surface area contributed by atoms with Gasteiger partial charge in [-0.15, -0.1) is 11.3 Å². The van der Waals surface area contributed by atoms with Gasteiger partial charge in [-0.3, -0.25) is 4.98 Å². The molecule has 0 radical (unpaired) electrons. The standard InChI is InChI=1S/C17H16N2O3S2/c20-15(13-6-2-1-3-7-13)12-19-24(21,22)17-10-9-16(23-17)14-8-4-5-11-18-14/h1-11,15,19-20H,12H2/t15-/m0/s1. The topological polar surface area (TPSA) is 79.3 Å². The van der Waals surface area contributed by atoms with Gasteiger partial charge in [0.2, 0.25) is 10.0 Å². The van der Waals surface area contributed by atoms with Crippen molar-refractivity contribution in [2.24, 2.45) is 0 Å². The summed E-state index contributed by atoms with van der Waals surface area (Å²) in [7, 11) is -3.67. The second kappa shape index (κ2) is 7.23. The third kappa shape index (κ3) is 3.88. The summed E-state index contributed by atoms with van der Waals surface area (Å²) < 4.78 is 27.4. The van der Waals surface area contributed by atoms with Crippen LogP contribution in [0.4, 0.5) is 0 Å². The summed E-state index contributed by atoms with van der Waals surface area (Å²) in [6.07, 6.45) is 0.772. The van der Waals surface area contributed by atoms with Crippen molar-refractivity contribution in [2.75, 3.05) is 6.54 Å². The zero-order chi connectivity index (χ0) is 17.0. The number of aliphatic hydroxyl groups is 1. The summed E-state index contributed by atoms with van der Waals surface area (Å²) in [5, 5.41) is 10.1. The van der Waals surface area contributed by atoms with E-state index in [-0.39, 0.29) is 10.8 Å². The van der Waals surface area contributed by atoms with Crippen LogP contribution in [0.15, 0.2) is 71.1 Å². The van der Waals surface area contributed by atoms with Crippen molar-refractivity contribution in [3.8, 4) is 10.6 Å². The second-order valence-corrected chi connectivity index (χ2v) is 8.19. The minimum Gasteiger partial charge on any atom is -0.387 e. The first-order chi connectivity index (χ1) is 11.6. The van der Waals surface area contributed by atoms with Crippen molar-refractivity contribution in [1.82, 2.24) is 9.71 Å². The molecule has 0 aliphatic rings. The van der Waals surface area contributed by atoms with E-state index in [4.69, 9.17) is 0 Å². The van der Waals surface area contributed by atoms with Crippen molar-refractivity contribution in [2.45, 2.75) is 10.3 Å². The average Bonchev–Trinajstić information content (AvgIpc) is 3.12. The van der Waals surface area contributed by atoms with Gasteiger partial charge in [0, 0.05) is 12.7 Å². The van der Waals surface area contributed by atoms with E-state index in [1.807, 2.05) is 18.2 Å². The van der Waals surface area contributed by atoms with Crippen LogP contribution in [-0.4, -0.2) is 25.1 Å². The van der Waals surface area contributed by atoms with Gasteiger partial charge in [-0.25, -0.2) is 13.1 Å². The Morgan fingerprint density at radius 2 is 1.79 bits per heavy atom. The van der Waals surface area contributed by atoms with Gasteiger partial charge in [0.15, 0.2) is 0 Å². The third-order valence-electron chi connectivity index (χ3n) is 3.41. The second-order valence-electron chi connectivity index (χ2n) is 5.11. The SMILES string of the molecule is O=S(=O)(NC[C@H](O)c1ccccc1)c1ccc(-c2ccccn2)s1. The Morgan fingerprint density at radius 1 is 1.04 bits per heavy atom. The molecule has 0 bridgehead atoms. The van der Waals surface area contributed by atoms with Crippen LogP contribution >= 0.6 is 11.3 Å². The van der Waals surface area contributed by atoms with Crippen molar-refractivity contribution >= 4 is 21.4 Å². The van der Waals surface area contributed by atoms with E-state index in [9.17, 15) is 13.5 Å². The maximum atomic E-state index is 12.4. The number of nitrogens with one attached hydrogen (secondary N) is 1. The summed E-state index contributed by atoms with van der Waals surface area (Å²) in [5.74, 6) is 0. The zero-order valence-corrected chi connectivity index (χ0v) is 14.3. The van der Waals surface area contributed by atoms with Gasteiger partial charge in [0.1, 0.15) is 4.21 Å². The van der Waals surface area contributed by atoms with E-state index < -0.39 is 16.1 Å². The predicted molar refractivity (Wildman–Crippen MR) is 94.1 cm³/mol. The molecule has 124 valence electrons. The highest BCUT2D eigenvalue weighted by molar-refractivity contribution is 7.91. The Hall–Kier alpha value is -2.06. The van der Waals surface area contributed by atoms with Gasteiger partial charge in [-0.2, -0.15) is 0 Å². The Kier molecular flexibility index (Phi) is 5.06. The van der Waals surface area contributed by atoms with E-state index in [2.05, 4.69) is 9.71 Å². The molecule has 0 saturated heterocycles. The molecule has 0 amide bonds. The molecule has 2 heterocycles. The molecule has 0 aliphatic carbocycles. The van der Waals surface area contributed by atoms with Crippen LogP contribution in [0.1, 0.15) is 11.7 Å². The summed E-state index contributed by atoms with van der Waals surface area (Å²) >= 11 is 1.15. The summed E-state index contributed by atoms with van der Waals surface area (Å²) in [5.41, 5.74) is 1.40. The van der Waals surface area contributed by atoms with Crippen LogP contribution in [0.2, 0.25) is 0 Å². The molecule has 2 N–H and O–H groups in total. The molecule has 0 unspecified atom stereocenters. The number of hydrogen-bond donors (Lipinski definition) is 2. The van der Waals surface area contributed by atoms with Crippen molar-refractivity contribution in [1.29, 1.82) is 0 Å². The van der Waals surface area contributed by atoms with Crippen LogP contribution in [-0.2, 0) is 10.0 Å². The smallest absolute Gasteiger partial charge is 0.250 e. The van der Waals surface area contributed by atoms with Crippen LogP contribution in [0.3, 0.4) is 0 Å². The van der Waals surface area contributed by atoms with Crippen LogP contribution in [0.5, 0.6) is 0 Å². The Balaban J connectivity index is 1.71. The summed E-state index contributed by atoms with van der Waals surface area (Å²) in [4.78, 5) is 4.99. The molecule has 3 aromatic rings. The van der Waals surface area contributed by atoms with Gasteiger partial charge < -0.3 is 5.11 Å². The first kappa shape index (κ1) is 16.8. The molecule has 3 rings (SSSR count). The first-order valence-corrected chi connectivity index (χ1v) is 9.60. The van der Waals surface area contributed by atoms with E-state index >= 15 is 0 Å². The molecule has 7 heteroatoms. The van der Waals surface area contributed by atoms with Gasteiger partial charge >= 0.3 is 0 Å². The lowest BCUT2D eigenvalue weighted by Gasteiger charge is -2.11. The van der Waals surface area contributed by atoms with Gasteiger partial charge in [0.05, 0.1) is 16.7 Å². The summed E-state index contributed by atoms with van der Waals surface area (Å²) in [6.45, 7) is -0.0802. The highest BCUT2D eigenvalue weighted by atomic mass is 32.2. The molecule has 1 aromatic carbocycles. The fraction of sp³-hybridized carbons (Fsp3) is 0.118. The Bertz CT molecular complexity index is 894. The highest BCUT2D eigenvalue weighted by Gasteiger charge is 2.19. The van der Waals surface area contributed by atoms with Crippen molar-refractivity contribution in [3.63, 3.8) is 0 Å². The maximum Gasteiger partial charge on any atom is 0.250 e. The third-order valence-corrected chi connectivity index (χ3v) is 6.44. The molecule has 0 fully saturated rings. The molecule has 0 aliphatic heterocycles. The number of rotatable bonds is 6. The van der Waals surface area contributed by atoms with Crippen LogP contribution in [0, 0.1) is 0 Å². The van der Waals surface area contributed by atoms with Gasteiger partial charge in [0.25, 0.3) is 0 Å². The first-order valence-electron chi connectivity index (χ1n) is 7.30. The molecular formula is C17H16N2O3S2. The number of nitrogens with zero attached hydrogens (tertiary/aromatic N) is 1. The van der Waals surface area contributed by atoms with Gasteiger partial charge in [-0.05, 0) is 29.8 Å². The number of pyridine rings is 1. The molecule has 5 nitrogen and oxygen atoms in total. The number of hydrogen-bond acceptors (Lipinski definition) is 5. The van der Waals surface area contributed by atoms with E-state index in [0.29, 0.717) is 5.56 Å². The van der Waals surface area contributed by atoms with Crippen molar-refractivity contribution < 1.29 is 13.5 Å². The molecule has 24 heavy (non-hydrogen) atoms. The Labute approximate surface area is 144 Å². The number of sulfonamides is 1. The highest BCUT2D eigenvalue weighted by Crippen LogP contribution is 2.29. The van der Waals surface area contributed by atoms with E-state index in [1.165, 1.54) is 0 Å². The largest absolute Gasteiger partial charge is 0.387 e. The number of thiophene rings is 1. The maximum absolute atomic E-state index is 12.4. The van der Waals surface area contributed by atoms with Gasteiger partial charge in [-0.1, -0.05) is 36.4 Å². The predicted octanol–water partition coefficient (Wildman–Crippen LogP) is 2.82. The molecule has 2 aromatic heterocycles. The van der Waals surface area contributed by atoms with E-state index in [0.717, 1.165) is 21.9 Å². The number of benzene rings is 1. The zero-order valence-electron chi connectivity index (χ0n) is 12.7. The van der Waals surface area contributed by atoms with Crippen LogP contribution < -0.4 is 4.72 Å². The minimum absolute atomic E-state index is 0.0802. The lowest BCUT2D eigenvalue weighted by molar-refractivity contribution is 0.182. The monoisotopic (exact) mass is 360 g/mol. The number of aromatic nitrogens is 1. The molecule has 0 spiro atoms. The molecule has 0 saturated carbocycles. The fourth-order valence-electron chi connectivity index (χ4n) is 2.16. The average molecular weight is 360 g/mol. The fourth-order valence-corrected chi connectivity index (χ4v) is 4.53. The molecular weight excluding hydrogens is 344 g/mol. The Morgan fingerprint density at radius 3 is 2.50 bits per heavy atom. The molecule has 1 atom stereocenters. The number of aliphatic hydroxyl groups excluding tert-OH is 1. The lowest BCUT2D eigenvalue weighted by atomic mass is 10.1. The lowest BCUT2D eigenvalue weighted by Crippen LogP contribution is -2.27. The van der Waals surface area contributed by atoms with Crippen LogP contribution in [0.25, 0.3) is 10.6 Å². The summed E-state index contributed by atoms with van der Waals surface area (Å²) in [6, 6.07) is 17.7. The quantitative estimate of drug-likeness (QED) is 0.708.